The summed E-state index contributed by atoms with van der Waals surface area (Å²) in [6.45, 7) is 0.606. The van der Waals surface area contributed by atoms with Gasteiger partial charge in [0, 0.05) is 13.0 Å². The van der Waals surface area contributed by atoms with E-state index in [-0.39, 0.29) is 12.8 Å². The van der Waals surface area contributed by atoms with Crippen LogP contribution in [0, 0.1) is 0 Å². The summed E-state index contributed by atoms with van der Waals surface area (Å²) in [5.41, 5.74) is 0. The Kier molecular flexibility index (Phi) is 2.27. The zero-order valence-corrected chi connectivity index (χ0v) is 4.90. The largest absolute Gasteiger partial charge is 0.378 e. The van der Waals surface area contributed by atoms with Crippen molar-refractivity contribution in [2.45, 2.75) is 25.4 Å². The first kappa shape index (κ1) is 6.02. The van der Waals surface area contributed by atoms with E-state index >= 15 is 0 Å². The normalized spacial score (nSPS) is 28.9. The fourth-order valence-corrected chi connectivity index (χ4v) is 0.994. The monoisotopic (exact) mass is 118 g/mol. The minimum Gasteiger partial charge on any atom is -0.378 e. The van der Waals surface area contributed by atoms with E-state index in [9.17, 15) is 4.39 Å². The van der Waals surface area contributed by atoms with Crippen LogP contribution < -0.4 is 0 Å². The van der Waals surface area contributed by atoms with Crippen LogP contribution in [-0.2, 0) is 4.74 Å². The SMILES string of the molecule is FCCC1CCCO1. The molecule has 1 nitrogen and oxygen atoms in total. The maximum atomic E-state index is 11.6. The van der Waals surface area contributed by atoms with Crippen LogP contribution in [0.4, 0.5) is 4.39 Å². The van der Waals surface area contributed by atoms with Gasteiger partial charge in [0.15, 0.2) is 0 Å². The highest BCUT2D eigenvalue weighted by atomic mass is 19.1. The van der Waals surface area contributed by atoms with Gasteiger partial charge in [-0.05, 0) is 12.8 Å². The van der Waals surface area contributed by atoms with Crippen molar-refractivity contribution in [3.8, 4) is 0 Å². The lowest BCUT2D eigenvalue weighted by molar-refractivity contribution is 0.0979. The Bertz CT molecular complexity index is 59.5. The summed E-state index contributed by atoms with van der Waals surface area (Å²) in [5, 5.41) is 0. The molecule has 0 bridgehead atoms. The first-order valence-corrected chi connectivity index (χ1v) is 3.11. The molecule has 0 amide bonds. The predicted molar refractivity (Wildman–Crippen MR) is 29.6 cm³/mol. The Morgan fingerprint density at radius 2 is 2.50 bits per heavy atom. The Morgan fingerprint density at radius 1 is 1.62 bits per heavy atom. The number of halogens is 1. The summed E-state index contributed by atoms with van der Waals surface area (Å²) < 4.78 is 16.7. The molecule has 1 atom stereocenters. The van der Waals surface area contributed by atoms with Gasteiger partial charge < -0.3 is 4.74 Å². The molecule has 1 rings (SSSR count). The third kappa shape index (κ3) is 1.44. The molecular weight excluding hydrogens is 107 g/mol. The van der Waals surface area contributed by atoms with Crippen molar-refractivity contribution >= 4 is 0 Å². The summed E-state index contributed by atoms with van der Waals surface area (Å²) >= 11 is 0. The Balaban J connectivity index is 2.06. The fraction of sp³-hybridized carbons (Fsp3) is 1.00. The maximum absolute atomic E-state index is 11.6. The Hall–Kier alpha value is -0.110. The first-order chi connectivity index (χ1) is 3.93. The molecule has 0 aromatic heterocycles. The average Bonchev–Trinajstić information content (AvgIpc) is 2.19. The van der Waals surface area contributed by atoms with Gasteiger partial charge in [0.25, 0.3) is 0 Å². The minimum atomic E-state index is -0.231. The smallest absolute Gasteiger partial charge is 0.0919 e. The quantitative estimate of drug-likeness (QED) is 0.534. The molecule has 0 N–H and O–H groups in total. The second kappa shape index (κ2) is 3.02. The molecule has 48 valence electrons. The lowest BCUT2D eigenvalue weighted by Crippen LogP contribution is -2.04. The van der Waals surface area contributed by atoms with Crippen molar-refractivity contribution in [3.05, 3.63) is 0 Å². The third-order valence-electron chi connectivity index (χ3n) is 1.46. The zero-order chi connectivity index (χ0) is 5.82. The van der Waals surface area contributed by atoms with Crippen LogP contribution in [0.25, 0.3) is 0 Å². The van der Waals surface area contributed by atoms with E-state index in [2.05, 4.69) is 0 Å². The van der Waals surface area contributed by atoms with E-state index in [4.69, 9.17) is 4.74 Å². The molecule has 0 saturated carbocycles. The van der Waals surface area contributed by atoms with Gasteiger partial charge in [-0.15, -0.1) is 0 Å². The van der Waals surface area contributed by atoms with Crippen LogP contribution in [0.1, 0.15) is 19.3 Å². The molecule has 0 spiro atoms. The van der Waals surface area contributed by atoms with E-state index < -0.39 is 0 Å². The van der Waals surface area contributed by atoms with Gasteiger partial charge in [-0.2, -0.15) is 0 Å². The average molecular weight is 118 g/mol. The minimum absolute atomic E-state index is 0.231. The van der Waals surface area contributed by atoms with Gasteiger partial charge in [-0.3, -0.25) is 4.39 Å². The van der Waals surface area contributed by atoms with Crippen molar-refractivity contribution in [2.75, 3.05) is 13.3 Å². The maximum Gasteiger partial charge on any atom is 0.0919 e. The number of ether oxygens (including phenoxy) is 1. The van der Waals surface area contributed by atoms with Gasteiger partial charge >= 0.3 is 0 Å². The highest BCUT2D eigenvalue weighted by molar-refractivity contribution is 4.63. The van der Waals surface area contributed by atoms with E-state index in [0.29, 0.717) is 6.42 Å². The second-order valence-electron chi connectivity index (χ2n) is 2.11. The molecule has 8 heavy (non-hydrogen) atoms. The summed E-state index contributed by atoms with van der Waals surface area (Å²) in [6.07, 6.45) is 3.01. The number of hydrogen-bond donors (Lipinski definition) is 0. The molecule has 1 aliphatic rings. The molecule has 1 fully saturated rings. The molecule has 1 saturated heterocycles. The number of hydrogen-bond acceptors (Lipinski definition) is 1. The van der Waals surface area contributed by atoms with Gasteiger partial charge in [-0.25, -0.2) is 0 Å². The third-order valence-corrected chi connectivity index (χ3v) is 1.46. The van der Waals surface area contributed by atoms with Crippen LogP contribution >= 0.6 is 0 Å². The van der Waals surface area contributed by atoms with Crippen LogP contribution in [0.3, 0.4) is 0 Å². The van der Waals surface area contributed by atoms with Crippen molar-refractivity contribution in [1.82, 2.24) is 0 Å². The van der Waals surface area contributed by atoms with E-state index in [1.807, 2.05) is 0 Å². The predicted octanol–water partition coefficient (Wildman–Crippen LogP) is 1.52. The highest BCUT2D eigenvalue weighted by Gasteiger charge is 2.13. The number of rotatable bonds is 2. The number of alkyl halides is 1. The highest BCUT2D eigenvalue weighted by Crippen LogP contribution is 2.14. The van der Waals surface area contributed by atoms with Crippen LogP contribution in [-0.4, -0.2) is 19.4 Å². The summed E-state index contributed by atoms with van der Waals surface area (Å²) in [4.78, 5) is 0. The van der Waals surface area contributed by atoms with Gasteiger partial charge in [0.1, 0.15) is 0 Å². The molecule has 0 radical (unpaired) electrons. The summed E-state index contributed by atoms with van der Waals surface area (Å²) in [6, 6.07) is 0. The van der Waals surface area contributed by atoms with E-state index in [1.165, 1.54) is 0 Å². The summed E-state index contributed by atoms with van der Waals surface area (Å²) in [5.74, 6) is 0. The molecule has 2 heteroatoms. The van der Waals surface area contributed by atoms with Crippen LogP contribution in [0.5, 0.6) is 0 Å². The summed E-state index contributed by atoms with van der Waals surface area (Å²) in [7, 11) is 0. The molecule has 0 aliphatic carbocycles. The first-order valence-electron chi connectivity index (χ1n) is 3.11. The molecule has 1 heterocycles. The standard InChI is InChI=1S/C6H11FO/c7-4-3-6-2-1-5-8-6/h6H,1-5H2. The van der Waals surface area contributed by atoms with E-state index in [0.717, 1.165) is 19.4 Å². The van der Waals surface area contributed by atoms with Crippen LogP contribution in [0.15, 0.2) is 0 Å². The van der Waals surface area contributed by atoms with E-state index in [1.54, 1.807) is 0 Å². The van der Waals surface area contributed by atoms with Crippen molar-refractivity contribution < 1.29 is 9.13 Å². The van der Waals surface area contributed by atoms with Crippen LogP contribution in [0.2, 0.25) is 0 Å². The molecular formula is C6H11FO. The molecule has 1 unspecified atom stereocenters. The van der Waals surface area contributed by atoms with Crippen molar-refractivity contribution in [2.24, 2.45) is 0 Å². The Labute approximate surface area is 48.8 Å². The molecule has 1 aliphatic heterocycles. The lowest BCUT2D eigenvalue weighted by atomic mass is 10.2. The Morgan fingerprint density at radius 3 is 3.00 bits per heavy atom. The molecule has 0 aromatic carbocycles. The van der Waals surface area contributed by atoms with Gasteiger partial charge in [0.2, 0.25) is 0 Å². The van der Waals surface area contributed by atoms with Gasteiger partial charge in [0.05, 0.1) is 12.8 Å². The molecule has 0 aromatic rings. The van der Waals surface area contributed by atoms with Gasteiger partial charge in [-0.1, -0.05) is 0 Å². The zero-order valence-electron chi connectivity index (χ0n) is 4.90. The van der Waals surface area contributed by atoms with Crippen molar-refractivity contribution in [3.63, 3.8) is 0 Å². The van der Waals surface area contributed by atoms with Crippen molar-refractivity contribution in [1.29, 1.82) is 0 Å². The lowest BCUT2D eigenvalue weighted by Gasteiger charge is -2.03. The fourth-order valence-electron chi connectivity index (χ4n) is 0.994. The topological polar surface area (TPSA) is 9.23 Å². The second-order valence-corrected chi connectivity index (χ2v) is 2.11.